The van der Waals surface area contributed by atoms with E-state index in [9.17, 15) is 9.59 Å². The van der Waals surface area contributed by atoms with Gasteiger partial charge in [0, 0.05) is 36.6 Å². The highest BCUT2D eigenvalue weighted by Gasteiger charge is 2.16. The molecule has 1 aromatic heterocycles. The summed E-state index contributed by atoms with van der Waals surface area (Å²) < 4.78 is 12.3. The lowest BCUT2D eigenvalue weighted by Gasteiger charge is -2.10. The summed E-state index contributed by atoms with van der Waals surface area (Å²) in [6.45, 7) is 0.836. The summed E-state index contributed by atoms with van der Waals surface area (Å²) in [6, 6.07) is 19.5. The van der Waals surface area contributed by atoms with Crippen molar-refractivity contribution in [1.29, 1.82) is 0 Å². The van der Waals surface area contributed by atoms with Crippen LogP contribution in [0.2, 0.25) is 0 Å². The lowest BCUT2D eigenvalue weighted by atomic mass is 10.1. The van der Waals surface area contributed by atoms with Gasteiger partial charge in [0.25, 0.3) is 5.91 Å². The number of hydrogen-bond donors (Lipinski definition) is 1. The van der Waals surface area contributed by atoms with Gasteiger partial charge in [0.05, 0.1) is 17.5 Å². The molecule has 0 radical (unpaired) electrons. The molecule has 164 valence electrons. The number of ether oxygens (including phenoxy) is 2. The van der Waals surface area contributed by atoms with Crippen molar-refractivity contribution in [3.63, 3.8) is 0 Å². The molecule has 1 aliphatic heterocycles. The predicted molar refractivity (Wildman–Crippen MR) is 121 cm³/mol. The Morgan fingerprint density at radius 2 is 1.88 bits per heavy atom. The first-order valence-electron chi connectivity index (χ1n) is 10.6. The summed E-state index contributed by atoms with van der Waals surface area (Å²) in [6.07, 6.45) is 6.81. The highest BCUT2D eigenvalue weighted by atomic mass is 16.5. The van der Waals surface area contributed by atoms with Gasteiger partial charge in [0.2, 0.25) is 0 Å². The van der Waals surface area contributed by atoms with Crippen LogP contribution in [-0.4, -0.2) is 47.5 Å². The molecule has 0 saturated carbocycles. The number of para-hydroxylation sites is 1. The van der Waals surface area contributed by atoms with Gasteiger partial charge in [-0.05, 0) is 31.1 Å². The van der Waals surface area contributed by atoms with Crippen LogP contribution < -0.4 is 5.32 Å². The van der Waals surface area contributed by atoms with Gasteiger partial charge in [0.15, 0.2) is 6.61 Å². The molecular formula is C25H25N3O4. The van der Waals surface area contributed by atoms with Gasteiger partial charge < -0.3 is 14.8 Å². The van der Waals surface area contributed by atoms with Gasteiger partial charge in [-0.3, -0.25) is 4.79 Å². The van der Waals surface area contributed by atoms with E-state index in [1.165, 1.54) is 6.08 Å². The normalized spacial score (nSPS) is 15.7. The fourth-order valence-electron chi connectivity index (χ4n) is 3.47. The second kappa shape index (κ2) is 10.5. The molecule has 7 heteroatoms. The Labute approximate surface area is 186 Å². The van der Waals surface area contributed by atoms with E-state index in [1.54, 1.807) is 10.8 Å². The molecule has 1 fully saturated rings. The van der Waals surface area contributed by atoms with Crippen molar-refractivity contribution >= 4 is 18.0 Å². The number of rotatable bonds is 8. The number of hydrogen-bond acceptors (Lipinski definition) is 5. The quantitative estimate of drug-likeness (QED) is 0.437. The number of nitrogens with zero attached hydrogens (tertiary/aromatic N) is 2. The maximum Gasteiger partial charge on any atom is 0.331 e. The fourth-order valence-corrected chi connectivity index (χ4v) is 3.47. The SMILES string of the molecule is O=C(COC(=O)/C=C/c1cn(-c2ccccc2)nc1-c1ccccc1)NCC1CCCO1. The zero-order chi connectivity index (χ0) is 22.2. The van der Waals surface area contributed by atoms with Gasteiger partial charge in [-0.15, -0.1) is 0 Å². The molecule has 0 aliphatic carbocycles. The summed E-state index contributed by atoms with van der Waals surface area (Å²) >= 11 is 0. The Morgan fingerprint density at radius 1 is 1.12 bits per heavy atom. The van der Waals surface area contributed by atoms with E-state index in [1.807, 2.05) is 66.9 Å². The Bertz CT molecular complexity index is 1070. The van der Waals surface area contributed by atoms with E-state index >= 15 is 0 Å². The van der Waals surface area contributed by atoms with E-state index in [4.69, 9.17) is 14.6 Å². The monoisotopic (exact) mass is 431 g/mol. The maximum absolute atomic E-state index is 12.2. The molecule has 1 saturated heterocycles. The molecule has 7 nitrogen and oxygen atoms in total. The van der Waals surface area contributed by atoms with E-state index in [2.05, 4.69) is 5.32 Å². The van der Waals surface area contributed by atoms with Gasteiger partial charge in [0.1, 0.15) is 0 Å². The Morgan fingerprint density at radius 3 is 2.59 bits per heavy atom. The average molecular weight is 431 g/mol. The summed E-state index contributed by atoms with van der Waals surface area (Å²) in [5.74, 6) is -0.937. The molecule has 1 aliphatic rings. The first-order chi connectivity index (χ1) is 15.7. The van der Waals surface area contributed by atoms with Crippen molar-refractivity contribution < 1.29 is 19.1 Å². The van der Waals surface area contributed by atoms with Crippen LogP contribution in [-0.2, 0) is 19.1 Å². The lowest BCUT2D eigenvalue weighted by Crippen LogP contribution is -2.34. The number of esters is 1. The summed E-state index contributed by atoms with van der Waals surface area (Å²) in [5, 5.41) is 7.43. The van der Waals surface area contributed by atoms with Crippen LogP contribution in [0.3, 0.4) is 0 Å². The van der Waals surface area contributed by atoms with Crippen LogP contribution in [0, 0.1) is 0 Å². The van der Waals surface area contributed by atoms with Gasteiger partial charge >= 0.3 is 5.97 Å². The Hall–Kier alpha value is -3.71. The lowest BCUT2D eigenvalue weighted by molar-refractivity contribution is -0.143. The summed E-state index contributed by atoms with van der Waals surface area (Å²) in [7, 11) is 0. The number of benzene rings is 2. The third kappa shape index (κ3) is 5.70. The minimum absolute atomic E-state index is 0.0482. The summed E-state index contributed by atoms with van der Waals surface area (Å²) in [5.41, 5.74) is 3.35. The molecule has 0 bridgehead atoms. The third-order valence-electron chi connectivity index (χ3n) is 5.11. The van der Waals surface area contributed by atoms with Crippen molar-refractivity contribution in [2.75, 3.05) is 19.8 Å². The number of carbonyl (C=O) groups excluding carboxylic acids is 2. The predicted octanol–water partition coefficient (Wildman–Crippen LogP) is 3.39. The molecule has 1 unspecified atom stereocenters. The van der Waals surface area contributed by atoms with Crippen LogP contribution in [0.1, 0.15) is 18.4 Å². The van der Waals surface area contributed by atoms with Gasteiger partial charge in [-0.2, -0.15) is 5.10 Å². The van der Waals surface area contributed by atoms with Crippen molar-refractivity contribution in [1.82, 2.24) is 15.1 Å². The van der Waals surface area contributed by atoms with Crippen molar-refractivity contribution in [2.24, 2.45) is 0 Å². The molecule has 32 heavy (non-hydrogen) atoms. The van der Waals surface area contributed by atoms with Crippen molar-refractivity contribution in [3.8, 4) is 16.9 Å². The number of aromatic nitrogens is 2. The molecule has 1 N–H and O–H groups in total. The zero-order valence-electron chi connectivity index (χ0n) is 17.6. The smallest absolute Gasteiger partial charge is 0.331 e. The second-order valence-corrected chi connectivity index (χ2v) is 7.46. The number of amides is 1. The second-order valence-electron chi connectivity index (χ2n) is 7.46. The van der Waals surface area contributed by atoms with Crippen molar-refractivity contribution in [3.05, 3.63) is 78.5 Å². The van der Waals surface area contributed by atoms with Crippen LogP contribution in [0.25, 0.3) is 23.0 Å². The topological polar surface area (TPSA) is 82.5 Å². The van der Waals surface area contributed by atoms with Gasteiger partial charge in [-0.25, -0.2) is 9.48 Å². The van der Waals surface area contributed by atoms with E-state index in [0.717, 1.165) is 42.0 Å². The molecule has 1 amide bonds. The van der Waals surface area contributed by atoms with Crippen LogP contribution in [0.15, 0.2) is 72.9 Å². The average Bonchev–Trinajstić information content (AvgIpc) is 3.51. The van der Waals surface area contributed by atoms with Crippen LogP contribution >= 0.6 is 0 Å². The highest BCUT2D eigenvalue weighted by Crippen LogP contribution is 2.24. The van der Waals surface area contributed by atoms with E-state index < -0.39 is 5.97 Å². The van der Waals surface area contributed by atoms with Gasteiger partial charge in [-0.1, -0.05) is 48.5 Å². The minimum atomic E-state index is -0.594. The van der Waals surface area contributed by atoms with Crippen LogP contribution in [0.5, 0.6) is 0 Å². The van der Waals surface area contributed by atoms with Crippen LogP contribution in [0.4, 0.5) is 0 Å². The first kappa shape index (κ1) is 21.5. The largest absolute Gasteiger partial charge is 0.452 e. The number of nitrogens with one attached hydrogen (secondary N) is 1. The molecule has 1 atom stereocenters. The third-order valence-corrected chi connectivity index (χ3v) is 5.11. The summed E-state index contributed by atoms with van der Waals surface area (Å²) in [4.78, 5) is 24.1. The number of carbonyl (C=O) groups is 2. The highest BCUT2D eigenvalue weighted by molar-refractivity contribution is 5.90. The fraction of sp³-hybridized carbons (Fsp3) is 0.240. The molecular weight excluding hydrogens is 406 g/mol. The maximum atomic E-state index is 12.2. The standard InChI is InChI=1S/C25H25N3O4/c29-23(26-16-22-12-7-15-31-22)18-32-24(30)14-13-20-17-28(21-10-5-2-6-11-21)27-25(20)19-8-3-1-4-9-19/h1-6,8-11,13-14,17,22H,7,12,15-16,18H2,(H,26,29)/b14-13+. The first-order valence-corrected chi connectivity index (χ1v) is 10.6. The molecule has 0 spiro atoms. The van der Waals surface area contributed by atoms with E-state index in [0.29, 0.717) is 6.54 Å². The molecule has 2 heterocycles. The Balaban J connectivity index is 1.41. The minimum Gasteiger partial charge on any atom is -0.452 e. The molecule has 4 rings (SSSR count). The zero-order valence-corrected chi connectivity index (χ0v) is 17.6. The van der Waals surface area contributed by atoms with Crippen molar-refractivity contribution in [2.45, 2.75) is 18.9 Å². The van der Waals surface area contributed by atoms with E-state index in [-0.39, 0.29) is 18.6 Å². The molecule has 3 aromatic rings. The molecule has 2 aromatic carbocycles. The Kier molecular flexibility index (Phi) is 7.09.